The van der Waals surface area contributed by atoms with E-state index in [9.17, 15) is 52.7 Å². The first-order valence-electron chi connectivity index (χ1n) is 15.7. The van der Waals surface area contributed by atoms with Gasteiger partial charge in [0.05, 0.1) is 0 Å². The summed E-state index contributed by atoms with van der Waals surface area (Å²) in [6.07, 6.45) is -21.0. The van der Waals surface area contributed by atoms with Gasteiger partial charge in [0.25, 0.3) is 0 Å². The summed E-state index contributed by atoms with van der Waals surface area (Å²) >= 11 is 0. The van der Waals surface area contributed by atoms with Crippen molar-refractivity contribution in [3.63, 3.8) is 0 Å². The van der Waals surface area contributed by atoms with E-state index < -0.39 is 80.4 Å². The van der Waals surface area contributed by atoms with Crippen LogP contribution in [-0.2, 0) is 36.0 Å². The van der Waals surface area contributed by atoms with Crippen LogP contribution in [0.3, 0.4) is 0 Å². The van der Waals surface area contributed by atoms with Gasteiger partial charge in [-0.25, -0.2) is 0 Å². The standard InChI is InChI=1S/C27H19F12NOP.C5H5.Fe/c1-13(2)21-12-41-23(40-21)20-4-3-5-22(20)42(18-8-14(24(28,29)30)6-15(9-18)25(31,32)33)19-10-16(26(34,35)36)7-17(11-19)27(37,38)39;1-2-4-5-3-1;/h3-11,13,21H,12H2,1-2H3;1-5H;. The summed E-state index contributed by atoms with van der Waals surface area (Å²) in [7, 11) is -2.58. The fourth-order valence-electron chi connectivity index (χ4n) is 21.2. The molecule has 11 aliphatic heterocycles. The molecule has 2 aromatic rings. The van der Waals surface area contributed by atoms with E-state index in [0.29, 0.717) is 59.1 Å². The van der Waals surface area contributed by atoms with Gasteiger partial charge >= 0.3 is 256 Å². The zero-order chi connectivity index (χ0) is 34.1. The third-order valence-corrected chi connectivity index (χ3v) is 70.1. The molecule has 13 rings (SSSR count). The number of rotatable bonds is 5. The third-order valence-electron chi connectivity index (χ3n) is 20.5. The molecule has 11 aliphatic rings. The summed E-state index contributed by atoms with van der Waals surface area (Å²) in [5, 5.41) is -0.905. The average molecular weight is 753 g/mol. The van der Waals surface area contributed by atoms with Gasteiger partial charge in [-0.3, -0.25) is 0 Å². The first-order valence-corrected chi connectivity index (χ1v) is 23.2. The second kappa shape index (κ2) is 4.33. The predicted octanol–water partition coefficient (Wildman–Crippen LogP) is 10.3. The van der Waals surface area contributed by atoms with Crippen molar-refractivity contribution in [2.24, 2.45) is 10.9 Å². The molecule has 0 aliphatic carbocycles. The van der Waals surface area contributed by atoms with E-state index >= 15 is 0 Å². The molecule has 2 aromatic carbocycles. The number of benzene rings is 2. The van der Waals surface area contributed by atoms with Gasteiger partial charge in [0.15, 0.2) is 0 Å². The monoisotopic (exact) mass is 753 g/mol. The quantitative estimate of drug-likeness (QED) is 0.169. The molecule has 11 heterocycles. The topological polar surface area (TPSA) is 21.6 Å². The van der Waals surface area contributed by atoms with Gasteiger partial charge in [-0.2, -0.15) is 0 Å². The zero-order valence-corrected chi connectivity index (χ0v) is 26.6. The summed E-state index contributed by atoms with van der Waals surface area (Å²) in [5.41, 5.74) is -6.51. The molecule has 0 radical (unpaired) electrons. The van der Waals surface area contributed by atoms with Crippen LogP contribution in [0.5, 0.6) is 0 Å². The van der Waals surface area contributed by atoms with Crippen molar-refractivity contribution in [3.05, 3.63) is 58.7 Å². The third kappa shape index (κ3) is 0.870. The summed E-state index contributed by atoms with van der Waals surface area (Å²) < 4.78 is 176. The van der Waals surface area contributed by atoms with Crippen LogP contribution in [-0.4, -0.2) is 22.6 Å². The molecule has 0 bridgehead atoms. The molecule has 10 fully saturated rings. The molecule has 0 aromatic heterocycles. The number of ether oxygens (including phenoxy) is 1. The van der Waals surface area contributed by atoms with Gasteiger partial charge in [0.2, 0.25) is 0 Å². The molecule has 48 heavy (non-hydrogen) atoms. The van der Waals surface area contributed by atoms with E-state index in [0.717, 1.165) is 0 Å². The van der Waals surface area contributed by atoms with E-state index in [4.69, 9.17) is 9.73 Å². The number of halogens is 12. The van der Waals surface area contributed by atoms with E-state index in [1.165, 1.54) is 0 Å². The molecule has 16 heteroatoms. The van der Waals surface area contributed by atoms with E-state index in [2.05, 4.69) is 0 Å². The minimum absolute atomic E-state index is 0.00484. The number of nitrogens with zero attached hydrogens (tertiary/aromatic N) is 1. The van der Waals surface area contributed by atoms with Crippen LogP contribution < -0.4 is 10.6 Å². The van der Waals surface area contributed by atoms with Gasteiger partial charge in [0, 0.05) is 0 Å². The number of hydrogen-bond donors (Lipinski definition) is 0. The first kappa shape index (κ1) is 27.7. The van der Waals surface area contributed by atoms with Crippen LogP contribution in [0.4, 0.5) is 52.7 Å². The van der Waals surface area contributed by atoms with Crippen molar-refractivity contribution < 1.29 is 63.9 Å². The Morgan fingerprint density at radius 1 is 0.646 bits per heavy atom. The maximum absolute atomic E-state index is 14.3. The average Bonchev–Trinajstić information content (AvgIpc) is 3.84. The Labute approximate surface area is 255 Å². The molecule has 10 saturated heterocycles. The summed E-state index contributed by atoms with van der Waals surface area (Å²) in [4.78, 5) is 7.01. The summed E-state index contributed by atoms with van der Waals surface area (Å²) in [6, 6.07) is 1.99. The number of alkyl halides is 12. The van der Waals surface area contributed by atoms with Gasteiger partial charge < -0.3 is 0 Å². The zero-order valence-electron chi connectivity index (χ0n) is 24.6. The Kier molecular flexibility index (Phi) is 2.50. The summed E-state index contributed by atoms with van der Waals surface area (Å²) in [5.74, 6) is 0.546. The van der Waals surface area contributed by atoms with Crippen LogP contribution in [0.15, 0.2) is 41.4 Å². The first-order chi connectivity index (χ1) is 21.9. The van der Waals surface area contributed by atoms with Crippen molar-refractivity contribution in [2.45, 2.75) is 91.5 Å². The van der Waals surface area contributed by atoms with E-state index in [-0.39, 0.29) is 40.3 Å². The molecule has 6 unspecified atom stereocenters. The van der Waals surface area contributed by atoms with Crippen molar-refractivity contribution in [2.75, 3.05) is 6.61 Å². The minimum atomic E-state index is -5.25. The Hall–Kier alpha value is -1.98. The molecule has 1 spiro atoms. The fourth-order valence-corrected chi connectivity index (χ4v) is 111. The van der Waals surface area contributed by atoms with E-state index in [1.54, 1.807) is 0 Å². The Bertz CT molecular complexity index is 2260. The second-order valence-electron chi connectivity index (χ2n) is 18.1. The number of aliphatic imine (C=N–C) groups is 1. The van der Waals surface area contributed by atoms with Crippen LogP contribution >= 0.6 is 7.92 Å². The van der Waals surface area contributed by atoms with Gasteiger partial charge in [-0.05, 0) is 0 Å². The maximum atomic E-state index is 14.3. The SMILES string of the molecule is CC(C)C1COC([C]23[CH]4[CH]5[CH]6[C]2(P(c2cc(C(F)(F)F)cc(C(F)(F)F)c2)c2cc(C(F)(F)F)cc(C(F)(F)F)c2)[Fe]54632789[CH]3[CH]2[CH]7[CH]8[CH]39)=N1. The molecule has 260 valence electrons. The molecular weight excluding hydrogens is 729 g/mol. The molecule has 0 N–H and O–H groups in total. The molecule has 0 saturated carbocycles. The van der Waals surface area contributed by atoms with Crippen LogP contribution in [0.1, 0.15) is 36.1 Å². The van der Waals surface area contributed by atoms with Gasteiger partial charge in [-0.15, -0.1) is 0 Å². The number of fused-ring (bicyclic) bond motifs is 10. The van der Waals surface area contributed by atoms with Crippen molar-refractivity contribution in [3.8, 4) is 0 Å². The van der Waals surface area contributed by atoms with Crippen molar-refractivity contribution >= 4 is 24.4 Å². The van der Waals surface area contributed by atoms with Crippen molar-refractivity contribution in [1.82, 2.24) is 0 Å². The van der Waals surface area contributed by atoms with Crippen LogP contribution in [0.2, 0.25) is 42.8 Å². The fraction of sp³-hybridized carbons (Fsp3) is 0.594. The normalized spacial score (nSPS) is 56.1. The summed E-state index contributed by atoms with van der Waals surface area (Å²) in [6.45, 7) is -1.08. The number of hydrogen-bond acceptors (Lipinski definition) is 2. The molecule has 2 nitrogen and oxygen atoms in total. The Balaban J connectivity index is 1.14. The Morgan fingerprint density at radius 2 is 1.04 bits per heavy atom. The second-order valence-corrected chi connectivity index (χ2v) is 44.2. The molecular formula is C32H24F12FeNOP. The van der Waals surface area contributed by atoms with E-state index in [1.807, 2.05) is 13.8 Å². The van der Waals surface area contributed by atoms with Crippen molar-refractivity contribution in [1.29, 1.82) is 0 Å². The molecule has 0 amide bonds. The van der Waals surface area contributed by atoms with Gasteiger partial charge in [0.1, 0.15) is 0 Å². The predicted molar refractivity (Wildman–Crippen MR) is 147 cm³/mol. The Morgan fingerprint density at radius 3 is 1.33 bits per heavy atom. The molecule has 6 atom stereocenters. The van der Waals surface area contributed by atoms with Crippen LogP contribution in [0, 0.1) is 5.92 Å². The van der Waals surface area contributed by atoms with Crippen LogP contribution in [0.25, 0.3) is 0 Å². The van der Waals surface area contributed by atoms with Gasteiger partial charge in [-0.1, -0.05) is 0 Å².